The number of carbonyl (C=O) groups is 1. The number of rotatable bonds is 4. The van der Waals surface area contributed by atoms with Crippen LogP contribution in [0.4, 0.5) is 0 Å². The standard InChI is InChI=1S/C13H16BrNO5S/c1-8-6-15(7-10(8)13(16)17)21(18,19)12-4-3-9(20-2)5-11(12)14/h3-5,8,10H,6-7H2,1-2H3,(H,16,17)/t8-,10-/m1/s1. The molecule has 0 aromatic heterocycles. The van der Waals surface area contributed by atoms with Gasteiger partial charge >= 0.3 is 5.97 Å². The summed E-state index contributed by atoms with van der Waals surface area (Å²) in [4.78, 5) is 11.2. The zero-order valence-corrected chi connectivity index (χ0v) is 14.0. The number of benzene rings is 1. The van der Waals surface area contributed by atoms with Crippen molar-refractivity contribution in [1.82, 2.24) is 4.31 Å². The first-order valence-electron chi connectivity index (χ1n) is 6.34. The number of carboxylic acids is 1. The average molecular weight is 378 g/mol. The molecular weight excluding hydrogens is 362 g/mol. The fraction of sp³-hybridized carbons (Fsp3) is 0.462. The topological polar surface area (TPSA) is 83.9 Å². The SMILES string of the molecule is COc1ccc(S(=O)(=O)N2C[C@@H](C)[C@H](C(=O)O)C2)c(Br)c1. The van der Waals surface area contributed by atoms with Crippen LogP contribution < -0.4 is 4.74 Å². The Labute approximate surface area is 131 Å². The second-order valence-corrected chi connectivity index (χ2v) is 7.80. The molecule has 1 saturated heterocycles. The molecule has 1 heterocycles. The van der Waals surface area contributed by atoms with Crippen LogP contribution in [0.1, 0.15) is 6.92 Å². The van der Waals surface area contributed by atoms with Gasteiger partial charge in [0.2, 0.25) is 10.0 Å². The van der Waals surface area contributed by atoms with Gasteiger partial charge in [0.1, 0.15) is 5.75 Å². The predicted octanol–water partition coefficient (Wildman–Crippen LogP) is 1.80. The number of ether oxygens (including phenoxy) is 1. The minimum atomic E-state index is -3.73. The normalized spacial score (nSPS) is 23.2. The van der Waals surface area contributed by atoms with Gasteiger partial charge in [-0.25, -0.2) is 8.42 Å². The van der Waals surface area contributed by atoms with Crippen LogP contribution in [0, 0.1) is 11.8 Å². The summed E-state index contributed by atoms with van der Waals surface area (Å²) in [6, 6.07) is 4.59. The monoisotopic (exact) mass is 377 g/mol. The molecule has 0 amide bonds. The number of carboxylic acid groups (broad SMARTS) is 1. The van der Waals surface area contributed by atoms with Gasteiger partial charge in [-0.15, -0.1) is 0 Å². The lowest BCUT2D eigenvalue weighted by molar-refractivity contribution is -0.142. The third-order valence-electron chi connectivity index (χ3n) is 3.65. The first-order valence-corrected chi connectivity index (χ1v) is 8.57. The first kappa shape index (κ1) is 16.3. The van der Waals surface area contributed by atoms with Crippen LogP contribution in [-0.4, -0.2) is 44.0 Å². The van der Waals surface area contributed by atoms with Crippen LogP contribution in [0.5, 0.6) is 5.75 Å². The molecule has 0 unspecified atom stereocenters. The minimum absolute atomic E-state index is 0.00268. The number of hydrogen-bond donors (Lipinski definition) is 1. The summed E-state index contributed by atoms with van der Waals surface area (Å²) in [7, 11) is -2.23. The lowest BCUT2D eigenvalue weighted by Crippen LogP contribution is -2.30. The second-order valence-electron chi connectivity index (χ2n) is 5.04. The summed E-state index contributed by atoms with van der Waals surface area (Å²) in [6.45, 7) is 1.95. The zero-order chi connectivity index (χ0) is 15.8. The van der Waals surface area contributed by atoms with Gasteiger partial charge in [0.05, 0.1) is 17.9 Å². The Morgan fingerprint density at radius 3 is 2.57 bits per heavy atom. The Morgan fingerprint density at radius 1 is 1.43 bits per heavy atom. The lowest BCUT2D eigenvalue weighted by Gasteiger charge is -2.17. The van der Waals surface area contributed by atoms with Gasteiger partial charge in [0, 0.05) is 17.6 Å². The van der Waals surface area contributed by atoms with Gasteiger partial charge in [0.15, 0.2) is 0 Å². The van der Waals surface area contributed by atoms with Crippen molar-refractivity contribution in [2.45, 2.75) is 11.8 Å². The van der Waals surface area contributed by atoms with Crippen molar-refractivity contribution < 1.29 is 23.1 Å². The fourth-order valence-corrected chi connectivity index (χ4v) is 4.98. The van der Waals surface area contributed by atoms with Gasteiger partial charge in [-0.05, 0) is 40.0 Å². The van der Waals surface area contributed by atoms with E-state index in [1.54, 1.807) is 19.1 Å². The van der Waals surface area contributed by atoms with E-state index in [-0.39, 0.29) is 23.9 Å². The van der Waals surface area contributed by atoms with Crippen LogP contribution in [0.25, 0.3) is 0 Å². The molecule has 1 aliphatic heterocycles. The molecule has 0 bridgehead atoms. The summed E-state index contributed by atoms with van der Waals surface area (Å²) in [5.74, 6) is -1.31. The molecule has 0 aliphatic carbocycles. The highest BCUT2D eigenvalue weighted by atomic mass is 79.9. The number of hydrogen-bond acceptors (Lipinski definition) is 4. The quantitative estimate of drug-likeness (QED) is 0.864. The molecule has 0 saturated carbocycles. The molecule has 2 rings (SSSR count). The van der Waals surface area contributed by atoms with Crippen molar-refractivity contribution in [3.63, 3.8) is 0 Å². The van der Waals surface area contributed by atoms with E-state index in [0.29, 0.717) is 10.2 Å². The second kappa shape index (κ2) is 5.94. The Kier molecular flexibility index (Phi) is 4.60. The highest BCUT2D eigenvalue weighted by molar-refractivity contribution is 9.10. The number of nitrogens with zero attached hydrogens (tertiary/aromatic N) is 1. The molecule has 1 fully saturated rings. The number of aliphatic carboxylic acids is 1. The van der Waals surface area contributed by atoms with E-state index < -0.39 is 21.9 Å². The summed E-state index contributed by atoms with van der Waals surface area (Å²) < 4.78 is 31.9. The average Bonchev–Trinajstić information content (AvgIpc) is 2.81. The van der Waals surface area contributed by atoms with Crippen LogP contribution in [0.3, 0.4) is 0 Å². The largest absolute Gasteiger partial charge is 0.497 e. The van der Waals surface area contributed by atoms with Crippen molar-refractivity contribution in [3.8, 4) is 5.75 Å². The minimum Gasteiger partial charge on any atom is -0.497 e. The molecule has 116 valence electrons. The van der Waals surface area contributed by atoms with E-state index in [4.69, 9.17) is 9.84 Å². The summed E-state index contributed by atoms with van der Waals surface area (Å²) in [5.41, 5.74) is 0. The van der Waals surface area contributed by atoms with E-state index in [9.17, 15) is 13.2 Å². The van der Waals surface area contributed by atoms with Gasteiger partial charge in [0.25, 0.3) is 0 Å². The third-order valence-corrected chi connectivity index (χ3v) is 6.46. The molecule has 6 nitrogen and oxygen atoms in total. The lowest BCUT2D eigenvalue weighted by atomic mass is 9.99. The van der Waals surface area contributed by atoms with Gasteiger partial charge in [-0.1, -0.05) is 6.92 Å². The molecule has 1 N–H and O–H groups in total. The first-order chi connectivity index (χ1) is 9.77. The van der Waals surface area contributed by atoms with Gasteiger partial charge in [-0.2, -0.15) is 4.31 Å². The van der Waals surface area contributed by atoms with Crippen molar-refractivity contribution >= 4 is 31.9 Å². The maximum absolute atomic E-state index is 12.6. The number of sulfonamides is 1. The summed E-state index contributed by atoms with van der Waals surface area (Å²) >= 11 is 3.23. The Bertz CT molecular complexity index is 661. The smallest absolute Gasteiger partial charge is 0.308 e. The third kappa shape index (κ3) is 3.07. The Balaban J connectivity index is 2.33. The molecule has 1 aromatic rings. The van der Waals surface area contributed by atoms with Crippen molar-refractivity contribution in [2.24, 2.45) is 11.8 Å². The van der Waals surface area contributed by atoms with Crippen LogP contribution in [0.2, 0.25) is 0 Å². The van der Waals surface area contributed by atoms with Crippen LogP contribution in [0.15, 0.2) is 27.6 Å². The molecular formula is C13H16BrNO5S. The maximum Gasteiger partial charge on any atom is 0.308 e. The Morgan fingerprint density at radius 2 is 2.10 bits per heavy atom. The summed E-state index contributed by atoms with van der Waals surface area (Å²) in [5, 5.41) is 9.11. The van der Waals surface area contributed by atoms with Crippen molar-refractivity contribution in [1.29, 1.82) is 0 Å². The summed E-state index contributed by atoms with van der Waals surface area (Å²) in [6.07, 6.45) is 0. The van der Waals surface area contributed by atoms with E-state index in [0.717, 1.165) is 0 Å². The Hall–Kier alpha value is -1.12. The predicted molar refractivity (Wildman–Crippen MR) is 79.7 cm³/mol. The molecule has 2 atom stereocenters. The fourth-order valence-electron chi connectivity index (χ4n) is 2.40. The molecule has 1 aromatic carbocycles. The van der Waals surface area contributed by atoms with Crippen molar-refractivity contribution in [2.75, 3.05) is 20.2 Å². The molecule has 21 heavy (non-hydrogen) atoms. The maximum atomic E-state index is 12.6. The van der Waals surface area contributed by atoms with E-state index in [1.807, 2.05) is 0 Å². The van der Waals surface area contributed by atoms with Crippen LogP contribution in [-0.2, 0) is 14.8 Å². The number of methoxy groups -OCH3 is 1. The molecule has 0 radical (unpaired) electrons. The molecule has 0 spiro atoms. The van der Waals surface area contributed by atoms with Crippen molar-refractivity contribution in [3.05, 3.63) is 22.7 Å². The van der Waals surface area contributed by atoms with Gasteiger partial charge < -0.3 is 9.84 Å². The number of halogens is 1. The van der Waals surface area contributed by atoms with Gasteiger partial charge in [-0.3, -0.25) is 4.79 Å². The highest BCUT2D eigenvalue weighted by Gasteiger charge is 2.41. The van der Waals surface area contributed by atoms with E-state index in [1.165, 1.54) is 17.5 Å². The highest BCUT2D eigenvalue weighted by Crippen LogP contribution is 2.33. The zero-order valence-electron chi connectivity index (χ0n) is 11.6. The molecule has 8 heteroatoms. The van der Waals surface area contributed by atoms with E-state index in [2.05, 4.69) is 15.9 Å². The van der Waals surface area contributed by atoms with Crippen LogP contribution >= 0.6 is 15.9 Å². The van der Waals surface area contributed by atoms with E-state index >= 15 is 0 Å². The molecule has 1 aliphatic rings.